The molecule has 0 aliphatic rings. The smallest absolute Gasteiger partial charge is 0.123 e. The third-order valence-electron chi connectivity index (χ3n) is 2.61. The lowest BCUT2D eigenvalue weighted by Gasteiger charge is -2.21. The van der Waals surface area contributed by atoms with Crippen molar-refractivity contribution in [2.45, 2.75) is 45.4 Å². The van der Waals surface area contributed by atoms with E-state index in [1.54, 1.807) is 18.0 Å². The minimum atomic E-state index is -0.725. The monoisotopic (exact) mass is 246 g/mol. The third kappa shape index (κ3) is 2.75. The summed E-state index contributed by atoms with van der Waals surface area (Å²) in [5.74, 6) is 0. The normalized spacial score (nSPS) is 15.1. The molecule has 2 unspecified atom stereocenters. The Bertz CT molecular complexity index is 324. The van der Waals surface area contributed by atoms with Crippen molar-refractivity contribution in [1.29, 1.82) is 0 Å². The van der Waals surface area contributed by atoms with Gasteiger partial charge in [-0.1, -0.05) is 25.4 Å². The van der Waals surface area contributed by atoms with Crippen molar-refractivity contribution in [3.8, 4) is 0 Å². The number of aliphatic hydroxyl groups excluding tert-OH is 1. The Balaban J connectivity index is 2.95. The first kappa shape index (κ1) is 13.5. The molecule has 0 aromatic carbocycles. The lowest BCUT2D eigenvalue weighted by molar-refractivity contribution is -0.0190. The number of hydrogen-bond donors (Lipinski definition) is 1. The topological polar surface area (TPSA) is 47.3 Å². The second kappa shape index (κ2) is 6.23. The SMILES string of the molecule is CCCn1ncc(Cl)c1C(O)C(CC)OC. The molecular formula is C11H19ClN2O2. The summed E-state index contributed by atoms with van der Waals surface area (Å²) in [6, 6.07) is 0. The van der Waals surface area contributed by atoms with Gasteiger partial charge in [0.2, 0.25) is 0 Å². The number of ether oxygens (including phenoxy) is 1. The summed E-state index contributed by atoms with van der Waals surface area (Å²) in [4.78, 5) is 0. The highest BCUT2D eigenvalue weighted by Gasteiger charge is 2.25. The zero-order chi connectivity index (χ0) is 12.1. The van der Waals surface area contributed by atoms with Crippen molar-refractivity contribution in [2.24, 2.45) is 0 Å². The van der Waals surface area contributed by atoms with E-state index in [-0.39, 0.29) is 6.10 Å². The van der Waals surface area contributed by atoms with Crippen LogP contribution in [0.15, 0.2) is 6.20 Å². The van der Waals surface area contributed by atoms with Crippen LogP contribution in [0.3, 0.4) is 0 Å². The molecule has 1 aromatic heterocycles. The molecule has 2 atom stereocenters. The first-order valence-corrected chi connectivity index (χ1v) is 5.95. The van der Waals surface area contributed by atoms with Crippen LogP contribution < -0.4 is 0 Å². The summed E-state index contributed by atoms with van der Waals surface area (Å²) in [6.45, 7) is 4.77. The Labute approximate surface area is 101 Å². The van der Waals surface area contributed by atoms with Gasteiger partial charge in [0, 0.05) is 13.7 Å². The largest absolute Gasteiger partial charge is 0.384 e. The summed E-state index contributed by atoms with van der Waals surface area (Å²) in [7, 11) is 1.59. The summed E-state index contributed by atoms with van der Waals surface area (Å²) < 4.78 is 6.97. The molecule has 4 nitrogen and oxygen atoms in total. The first-order valence-electron chi connectivity index (χ1n) is 5.57. The molecule has 0 amide bonds. The van der Waals surface area contributed by atoms with Gasteiger partial charge in [0.05, 0.1) is 23.0 Å². The van der Waals surface area contributed by atoms with Gasteiger partial charge < -0.3 is 9.84 Å². The minimum Gasteiger partial charge on any atom is -0.384 e. The standard InChI is InChI=1S/C11H19ClN2O2/c1-4-6-14-10(8(12)7-13-14)11(15)9(5-2)16-3/h7,9,11,15H,4-6H2,1-3H3. The van der Waals surface area contributed by atoms with Gasteiger partial charge in [-0.05, 0) is 12.8 Å². The van der Waals surface area contributed by atoms with Crippen LogP contribution in [0.1, 0.15) is 38.5 Å². The highest BCUT2D eigenvalue weighted by molar-refractivity contribution is 6.31. The predicted molar refractivity (Wildman–Crippen MR) is 63.6 cm³/mol. The lowest BCUT2D eigenvalue weighted by Crippen LogP contribution is -2.23. The fraction of sp³-hybridized carbons (Fsp3) is 0.727. The molecular weight excluding hydrogens is 228 g/mol. The van der Waals surface area contributed by atoms with E-state index in [1.165, 1.54) is 0 Å². The van der Waals surface area contributed by atoms with Gasteiger partial charge in [-0.25, -0.2) is 0 Å². The fourth-order valence-corrected chi connectivity index (χ4v) is 2.00. The van der Waals surface area contributed by atoms with E-state index in [9.17, 15) is 5.11 Å². The molecule has 1 heterocycles. The summed E-state index contributed by atoms with van der Waals surface area (Å²) >= 11 is 6.03. The average Bonchev–Trinajstić information content (AvgIpc) is 2.62. The van der Waals surface area contributed by atoms with Gasteiger partial charge >= 0.3 is 0 Å². The number of aryl methyl sites for hydroxylation is 1. The first-order chi connectivity index (χ1) is 7.65. The van der Waals surface area contributed by atoms with Gasteiger partial charge in [-0.15, -0.1) is 0 Å². The van der Waals surface area contributed by atoms with Crippen molar-refractivity contribution in [3.63, 3.8) is 0 Å². The Morgan fingerprint density at radius 1 is 1.56 bits per heavy atom. The second-order valence-corrected chi connectivity index (χ2v) is 4.14. The summed E-state index contributed by atoms with van der Waals surface area (Å²) in [5, 5.41) is 14.8. The van der Waals surface area contributed by atoms with E-state index >= 15 is 0 Å². The number of hydrogen-bond acceptors (Lipinski definition) is 3. The van der Waals surface area contributed by atoms with Crippen LogP contribution in [0.25, 0.3) is 0 Å². The zero-order valence-electron chi connectivity index (χ0n) is 9.98. The molecule has 16 heavy (non-hydrogen) atoms. The van der Waals surface area contributed by atoms with Crippen molar-refractivity contribution in [3.05, 3.63) is 16.9 Å². The van der Waals surface area contributed by atoms with Crippen LogP contribution in [0.5, 0.6) is 0 Å². The van der Waals surface area contributed by atoms with Crippen molar-refractivity contribution < 1.29 is 9.84 Å². The Morgan fingerprint density at radius 2 is 2.25 bits per heavy atom. The van der Waals surface area contributed by atoms with Crippen LogP contribution >= 0.6 is 11.6 Å². The summed E-state index contributed by atoms with van der Waals surface area (Å²) in [5.41, 5.74) is 0.650. The molecule has 5 heteroatoms. The van der Waals surface area contributed by atoms with Crippen LogP contribution in [-0.2, 0) is 11.3 Å². The maximum Gasteiger partial charge on any atom is 0.123 e. The maximum atomic E-state index is 10.2. The van der Waals surface area contributed by atoms with Crippen LogP contribution in [0.4, 0.5) is 0 Å². The van der Waals surface area contributed by atoms with E-state index in [4.69, 9.17) is 16.3 Å². The predicted octanol–water partition coefficient (Wildman–Crippen LogP) is 2.40. The van der Waals surface area contributed by atoms with Gasteiger partial charge in [0.15, 0.2) is 0 Å². The van der Waals surface area contributed by atoms with Gasteiger partial charge in [0.25, 0.3) is 0 Å². The van der Waals surface area contributed by atoms with Crippen LogP contribution in [-0.4, -0.2) is 28.1 Å². The highest BCUT2D eigenvalue weighted by Crippen LogP contribution is 2.27. The summed E-state index contributed by atoms with van der Waals surface area (Å²) in [6.07, 6.45) is 2.27. The quantitative estimate of drug-likeness (QED) is 0.839. The number of aromatic nitrogens is 2. The molecule has 1 aromatic rings. The molecule has 0 spiro atoms. The molecule has 1 rings (SSSR count). The molecule has 0 saturated heterocycles. The van der Waals surface area contributed by atoms with Crippen molar-refractivity contribution in [2.75, 3.05) is 7.11 Å². The Kier molecular flexibility index (Phi) is 5.25. The van der Waals surface area contributed by atoms with E-state index in [2.05, 4.69) is 12.0 Å². The molecule has 0 aliphatic carbocycles. The van der Waals surface area contributed by atoms with Crippen molar-refractivity contribution >= 4 is 11.6 Å². The number of rotatable bonds is 6. The number of aliphatic hydroxyl groups is 1. The van der Waals surface area contributed by atoms with E-state index in [0.717, 1.165) is 19.4 Å². The fourth-order valence-electron chi connectivity index (χ4n) is 1.75. The van der Waals surface area contributed by atoms with Gasteiger partial charge in [-0.2, -0.15) is 5.10 Å². The zero-order valence-corrected chi connectivity index (χ0v) is 10.7. The molecule has 0 fully saturated rings. The number of nitrogens with zero attached hydrogens (tertiary/aromatic N) is 2. The molecule has 0 radical (unpaired) electrons. The lowest BCUT2D eigenvalue weighted by atomic mass is 10.1. The Hall–Kier alpha value is -0.580. The van der Waals surface area contributed by atoms with E-state index in [0.29, 0.717) is 10.7 Å². The Morgan fingerprint density at radius 3 is 2.75 bits per heavy atom. The van der Waals surface area contributed by atoms with Crippen LogP contribution in [0, 0.1) is 0 Å². The molecule has 0 saturated carbocycles. The van der Waals surface area contributed by atoms with Gasteiger partial charge in [-0.3, -0.25) is 4.68 Å². The third-order valence-corrected chi connectivity index (χ3v) is 2.90. The second-order valence-electron chi connectivity index (χ2n) is 3.73. The highest BCUT2D eigenvalue weighted by atomic mass is 35.5. The number of methoxy groups -OCH3 is 1. The maximum absolute atomic E-state index is 10.2. The molecule has 0 aliphatic heterocycles. The van der Waals surface area contributed by atoms with Gasteiger partial charge in [0.1, 0.15) is 6.10 Å². The molecule has 92 valence electrons. The van der Waals surface area contributed by atoms with Crippen molar-refractivity contribution in [1.82, 2.24) is 9.78 Å². The minimum absolute atomic E-state index is 0.246. The van der Waals surface area contributed by atoms with E-state index in [1.807, 2.05) is 6.92 Å². The van der Waals surface area contributed by atoms with Crippen LogP contribution in [0.2, 0.25) is 5.02 Å². The molecule has 0 bridgehead atoms. The molecule has 1 N–H and O–H groups in total. The van der Waals surface area contributed by atoms with E-state index < -0.39 is 6.10 Å². The average molecular weight is 247 g/mol. The number of halogens is 1.